The molecule has 80 valence electrons. The minimum absolute atomic E-state index is 0. The Morgan fingerprint density at radius 3 is 1.88 bits per heavy atom. The van der Waals surface area contributed by atoms with Crippen LogP contribution in [0.2, 0.25) is 0 Å². The topological polar surface area (TPSA) is 80.7 Å². The summed E-state index contributed by atoms with van der Waals surface area (Å²) in [7, 11) is 0. The summed E-state index contributed by atoms with van der Waals surface area (Å²) in [5.41, 5.74) is 0.199. The van der Waals surface area contributed by atoms with Crippen molar-refractivity contribution < 1.29 is 24.2 Å². The fourth-order valence-corrected chi connectivity index (χ4v) is 0.938. The van der Waals surface area contributed by atoms with Crippen molar-refractivity contribution in [3.63, 3.8) is 0 Å². The molecule has 0 aromatic heterocycles. The Balaban J connectivity index is 0.00000225. The van der Waals surface area contributed by atoms with E-state index in [1.807, 2.05) is 0 Å². The van der Waals surface area contributed by atoms with Crippen LogP contribution >= 0.6 is 0 Å². The van der Waals surface area contributed by atoms with Crippen LogP contribution in [0.25, 0.3) is 0 Å². The Morgan fingerprint density at radius 2 is 1.50 bits per heavy atom. The number of benzene rings is 1. The number of carbonyl (C=O) groups is 3. The third kappa shape index (κ3) is 4.14. The zero-order chi connectivity index (χ0) is 11.4. The molecule has 0 aliphatic heterocycles. The van der Waals surface area contributed by atoms with Crippen molar-refractivity contribution in [2.24, 2.45) is 0 Å². The molecule has 6 heteroatoms. The predicted molar refractivity (Wildman–Crippen MR) is 56.6 cm³/mol. The molecule has 0 atom stereocenters. The number of rotatable bonds is 2. The van der Waals surface area contributed by atoms with Crippen molar-refractivity contribution in [3.05, 3.63) is 35.4 Å². The summed E-state index contributed by atoms with van der Waals surface area (Å²) < 4.78 is 4.31. The summed E-state index contributed by atoms with van der Waals surface area (Å²) in [5, 5.41) is 8.59. The summed E-state index contributed by atoms with van der Waals surface area (Å²) in [6, 6.07) is 5.10. The first kappa shape index (κ1) is 14.8. The van der Waals surface area contributed by atoms with Gasteiger partial charge in [-0.1, -0.05) is 0 Å². The number of ether oxygens (including phenoxy) is 1. The van der Waals surface area contributed by atoms with Crippen LogP contribution in [0.3, 0.4) is 0 Å². The number of carbonyl (C=O) groups excluding carboxylic acids is 2. The van der Waals surface area contributed by atoms with Crippen LogP contribution in [0.15, 0.2) is 24.3 Å². The van der Waals surface area contributed by atoms with E-state index in [1.165, 1.54) is 24.3 Å². The Hall–Kier alpha value is -1.17. The molecule has 0 saturated heterocycles. The Morgan fingerprint density at radius 1 is 1.06 bits per heavy atom. The molecule has 0 aliphatic rings. The number of carboxylic acid groups (broad SMARTS) is 1. The molecule has 1 rings (SSSR count). The van der Waals surface area contributed by atoms with E-state index in [1.54, 1.807) is 0 Å². The van der Waals surface area contributed by atoms with E-state index in [9.17, 15) is 14.4 Å². The first-order valence-corrected chi connectivity index (χ1v) is 4.07. The van der Waals surface area contributed by atoms with Gasteiger partial charge in [0, 0.05) is 6.92 Å². The fourth-order valence-electron chi connectivity index (χ4n) is 0.938. The molecule has 0 fully saturated rings. The van der Waals surface area contributed by atoms with Gasteiger partial charge in [-0.3, -0.25) is 4.79 Å². The normalized spacial score (nSPS) is 8.81. The van der Waals surface area contributed by atoms with Gasteiger partial charge >= 0.3 is 47.5 Å². The van der Waals surface area contributed by atoms with Crippen molar-refractivity contribution >= 4 is 47.5 Å². The van der Waals surface area contributed by atoms with Gasteiger partial charge < -0.3 is 9.84 Å². The molecule has 0 unspecified atom stereocenters. The molecular formula is C10H9NaO5. The Bertz CT molecular complexity index is 410. The van der Waals surface area contributed by atoms with Gasteiger partial charge in [0.1, 0.15) is 0 Å². The zero-order valence-electron chi connectivity index (χ0n) is 7.89. The molecule has 0 amide bonds. The first-order chi connectivity index (χ1) is 7.00. The van der Waals surface area contributed by atoms with Crippen LogP contribution in [0.4, 0.5) is 0 Å². The number of hydrogen-bond donors (Lipinski definition) is 1. The number of hydrogen-bond acceptors (Lipinski definition) is 4. The summed E-state index contributed by atoms with van der Waals surface area (Å²) in [4.78, 5) is 32.1. The monoisotopic (exact) mass is 232 g/mol. The second-order valence-corrected chi connectivity index (χ2v) is 2.76. The van der Waals surface area contributed by atoms with Crippen molar-refractivity contribution in [3.8, 4) is 0 Å². The SMILES string of the molecule is CC(=O)OC(=O)c1ccc(C(=O)O)cc1.[NaH]. The van der Waals surface area contributed by atoms with Crippen LogP contribution in [0.1, 0.15) is 27.6 Å². The molecule has 1 N–H and O–H groups in total. The Labute approximate surface area is 114 Å². The van der Waals surface area contributed by atoms with Crippen LogP contribution < -0.4 is 0 Å². The summed E-state index contributed by atoms with van der Waals surface area (Å²) in [6.07, 6.45) is 0. The molecule has 0 saturated carbocycles. The maximum atomic E-state index is 11.1. The minimum atomic E-state index is -1.08. The molecule has 0 spiro atoms. The summed E-state index contributed by atoms with van der Waals surface area (Å²) in [5.74, 6) is -2.58. The number of aromatic carboxylic acids is 1. The summed E-state index contributed by atoms with van der Waals surface area (Å²) in [6.45, 7) is 1.11. The van der Waals surface area contributed by atoms with Gasteiger partial charge in [-0.15, -0.1) is 0 Å². The van der Waals surface area contributed by atoms with Crippen molar-refractivity contribution in [1.82, 2.24) is 0 Å². The van der Waals surface area contributed by atoms with Crippen LogP contribution in [0, 0.1) is 0 Å². The van der Waals surface area contributed by atoms with Crippen molar-refractivity contribution in [2.75, 3.05) is 0 Å². The van der Waals surface area contributed by atoms with Gasteiger partial charge in [-0.2, -0.15) is 0 Å². The third-order valence-corrected chi connectivity index (χ3v) is 1.60. The average molecular weight is 232 g/mol. The third-order valence-electron chi connectivity index (χ3n) is 1.60. The Kier molecular flexibility index (Phi) is 5.95. The van der Waals surface area contributed by atoms with E-state index < -0.39 is 17.9 Å². The van der Waals surface area contributed by atoms with Gasteiger partial charge in [0.05, 0.1) is 11.1 Å². The maximum absolute atomic E-state index is 11.1. The predicted octanol–water partition coefficient (Wildman–Crippen LogP) is 0.440. The second kappa shape index (κ2) is 6.42. The average Bonchev–Trinajstić information content (AvgIpc) is 2.17. The van der Waals surface area contributed by atoms with Crippen LogP contribution in [0.5, 0.6) is 0 Å². The molecule has 0 heterocycles. The van der Waals surface area contributed by atoms with Gasteiger partial charge in [-0.05, 0) is 24.3 Å². The van der Waals surface area contributed by atoms with Crippen molar-refractivity contribution in [1.29, 1.82) is 0 Å². The standard InChI is InChI=1S/C10H8O5.Na.H/c1-6(11)15-10(14)8-4-2-7(3-5-8)9(12)13;;/h2-5H,1H3,(H,12,13);;. The van der Waals surface area contributed by atoms with E-state index in [0.29, 0.717) is 0 Å². The van der Waals surface area contributed by atoms with Gasteiger partial charge in [0.25, 0.3) is 0 Å². The molecule has 0 bridgehead atoms. The second-order valence-electron chi connectivity index (χ2n) is 2.76. The molecule has 1 aromatic rings. The van der Waals surface area contributed by atoms with E-state index in [4.69, 9.17) is 5.11 Å². The zero-order valence-corrected chi connectivity index (χ0v) is 7.89. The molecule has 0 aliphatic carbocycles. The van der Waals surface area contributed by atoms with E-state index in [-0.39, 0.29) is 40.7 Å². The number of carboxylic acids is 1. The molecule has 0 radical (unpaired) electrons. The van der Waals surface area contributed by atoms with Gasteiger partial charge in [0.15, 0.2) is 0 Å². The first-order valence-electron chi connectivity index (χ1n) is 4.07. The van der Waals surface area contributed by atoms with E-state index in [0.717, 1.165) is 6.92 Å². The molecule has 1 aromatic carbocycles. The van der Waals surface area contributed by atoms with E-state index >= 15 is 0 Å². The van der Waals surface area contributed by atoms with Gasteiger partial charge in [-0.25, -0.2) is 9.59 Å². The molecule has 5 nitrogen and oxygen atoms in total. The van der Waals surface area contributed by atoms with Crippen molar-refractivity contribution in [2.45, 2.75) is 6.92 Å². The molecular weight excluding hydrogens is 223 g/mol. The molecule has 16 heavy (non-hydrogen) atoms. The quantitative estimate of drug-likeness (QED) is 0.454. The van der Waals surface area contributed by atoms with Crippen LogP contribution in [-0.2, 0) is 9.53 Å². The van der Waals surface area contributed by atoms with Crippen LogP contribution in [-0.4, -0.2) is 52.6 Å². The number of esters is 2. The summed E-state index contributed by atoms with van der Waals surface area (Å²) >= 11 is 0. The van der Waals surface area contributed by atoms with Gasteiger partial charge in [0.2, 0.25) is 0 Å². The van der Waals surface area contributed by atoms with E-state index in [2.05, 4.69) is 4.74 Å². The fraction of sp³-hybridized carbons (Fsp3) is 0.100.